The summed E-state index contributed by atoms with van der Waals surface area (Å²) in [6, 6.07) is 0. The number of carbonyl (C=O) groups excluding carboxylic acids is 1. The van der Waals surface area contributed by atoms with Gasteiger partial charge in [-0.2, -0.15) is 8.78 Å². The fourth-order valence-electron chi connectivity index (χ4n) is 2.37. The molecular weight excluding hydrogens is 252 g/mol. The monoisotopic (exact) mass is 275 g/mol. The van der Waals surface area contributed by atoms with Crippen molar-refractivity contribution in [2.45, 2.75) is 39.0 Å². The minimum atomic E-state index is -3.35. The van der Waals surface area contributed by atoms with E-state index in [0.717, 1.165) is 12.8 Å². The molecule has 1 aliphatic rings. The first-order valence-corrected chi connectivity index (χ1v) is 6.85. The van der Waals surface area contributed by atoms with Crippen LogP contribution in [0.15, 0.2) is 12.2 Å². The summed E-state index contributed by atoms with van der Waals surface area (Å²) in [5.74, 6) is -4.39. The molecule has 19 heavy (non-hydrogen) atoms. The highest BCUT2D eigenvalue weighted by Crippen LogP contribution is 2.31. The van der Waals surface area contributed by atoms with E-state index in [1.165, 1.54) is 4.90 Å². The number of rotatable bonds is 6. The van der Waals surface area contributed by atoms with Crippen molar-refractivity contribution in [3.8, 4) is 0 Å². The molecule has 0 aromatic heterocycles. The standard InChI is InChI=1S/C14H23F2NO2/c1-4-12(5-2)11(3)10-14(15,16)13(18)17-6-8-19-9-7-17/h12H,3-10H2,1-2H3. The zero-order valence-corrected chi connectivity index (χ0v) is 11.8. The molecule has 0 unspecified atom stereocenters. The molecular formula is C14H23F2NO2. The molecule has 5 heteroatoms. The number of carbonyl (C=O) groups is 1. The Hall–Kier alpha value is -0.970. The van der Waals surface area contributed by atoms with Gasteiger partial charge < -0.3 is 9.64 Å². The average molecular weight is 275 g/mol. The van der Waals surface area contributed by atoms with Crippen LogP contribution in [0, 0.1) is 5.92 Å². The summed E-state index contributed by atoms with van der Waals surface area (Å²) < 4.78 is 33.0. The highest BCUT2D eigenvalue weighted by molar-refractivity contribution is 5.83. The Morgan fingerprint density at radius 2 is 1.84 bits per heavy atom. The highest BCUT2D eigenvalue weighted by Gasteiger charge is 2.43. The zero-order valence-electron chi connectivity index (χ0n) is 11.8. The van der Waals surface area contributed by atoms with Gasteiger partial charge in [0.15, 0.2) is 0 Å². The maximum Gasteiger partial charge on any atom is 0.328 e. The predicted molar refractivity (Wildman–Crippen MR) is 70.2 cm³/mol. The van der Waals surface area contributed by atoms with Crippen LogP contribution < -0.4 is 0 Å². The van der Waals surface area contributed by atoms with Gasteiger partial charge in [0.05, 0.1) is 13.2 Å². The Morgan fingerprint density at radius 3 is 2.32 bits per heavy atom. The zero-order chi connectivity index (χ0) is 14.5. The van der Waals surface area contributed by atoms with Crippen LogP contribution in [-0.2, 0) is 9.53 Å². The molecule has 1 saturated heterocycles. The van der Waals surface area contributed by atoms with Crippen molar-refractivity contribution in [1.29, 1.82) is 0 Å². The lowest BCUT2D eigenvalue weighted by Gasteiger charge is -2.31. The molecule has 1 fully saturated rings. The molecule has 0 radical (unpaired) electrons. The number of hydrogen-bond acceptors (Lipinski definition) is 2. The number of halogens is 2. The topological polar surface area (TPSA) is 29.5 Å². The largest absolute Gasteiger partial charge is 0.378 e. The second-order valence-corrected chi connectivity index (χ2v) is 4.96. The van der Waals surface area contributed by atoms with E-state index in [1.807, 2.05) is 13.8 Å². The van der Waals surface area contributed by atoms with E-state index < -0.39 is 18.3 Å². The Balaban J connectivity index is 2.63. The molecule has 0 N–H and O–H groups in total. The molecule has 1 amide bonds. The summed E-state index contributed by atoms with van der Waals surface area (Å²) in [6.07, 6.45) is 1.00. The van der Waals surface area contributed by atoms with Crippen LogP contribution in [-0.4, -0.2) is 43.0 Å². The third-order valence-corrected chi connectivity index (χ3v) is 3.62. The molecule has 0 atom stereocenters. The lowest BCUT2D eigenvalue weighted by molar-refractivity contribution is -0.161. The van der Waals surface area contributed by atoms with E-state index in [0.29, 0.717) is 18.8 Å². The Kier molecular flexibility index (Phi) is 5.91. The number of nitrogens with zero attached hydrogens (tertiary/aromatic N) is 1. The molecule has 3 nitrogen and oxygen atoms in total. The molecule has 0 aromatic carbocycles. The average Bonchev–Trinajstić information content (AvgIpc) is 2.39. The summed E-state index contributed by atoms with van der Waals surface area (Å²) >= 11 is 0. The minimum absolute atomic E-state index is 0.0587. The van der Waals surface area contributed by atoms with Crippen LogP contribution in [0.25, 0.3) is 0 Å². The van der Waals surface area contributed by atoms with E-state index in [2.05, 4.69) is 6.58 Å². The quantitative estimate of drug-likeness (QED) is 0.698. The van der Waals surface area contributed by atoms with Gasteiger partial charge in [-0.3, -0.25) is 4.79 Å². The van der Waals surface area contributed by atoms with Gasteiger partial charge in [-0.05, 0) is 18.8 Å². The van der Waals surface area contributed by atoms with E-state index in [1.54, 1.807) is 0 Å². The van der Waals surface area contributed by atoms with E-state index in [-0.39, 0.29) is 19.0 Å². The molecule has 0 aliphatic carbocycles. The lowest BCUT2D eigenvalue weighted by Crippen LogP contribution is -2.48. The van der Waals surface area contributed by atoms with Gasteiger partial charge in [-0.1, -0.05) is 26.0 Å². The number of ether oxygens (including phenoxy) is 1. The van der Waals surface area contributed by atoms with Crippen molar-refractivity contribution in [3.63, 3.8) is 0 Å². The van der Waals surface area contributed by atoms with Crippen molar-refractivity contribution in [2.24, 2.45) is 5.92 Å². The molecule has 1 heterocycles. The third kappa shape index (κ3) is 4.27. The van der Waals surface area contributed by atoms with E-state index in [4.69, 9.17) is 4.74 Å². The summed E-state index contributed by atoms with van der Waals surface area (Å²) in [6.45, 7) is 8.77. The van der Waals surface area contributed by atoms with Crippen molar-refractivity contribution >= 4 is 5.91 Å². The number of morpholine rings is 1. The molecule has 0 aromatic rings. The van der Waals surface area contributed by atoms with E-state index >= 15 is 0 Å². The maximum absolute atomic E-state index is 14.0. The molecule has 0 spiro atoms. The Morgan fingerprint density at radius 1 is 1.32 bits per heavy atom. The molecule has 1 aliphatic heterocycles. The van der Waals surface area contributed by atoms with Gasteiger partial charge in [-0.25, -0.2) is 0 Å². The number of alkyl halides is 2. The number of hydrogen-bond donors (Lipinski definition) is 0. The van der Waals surface area contributed by atoms with Crippen LogP contribution in [0.3, 0.4) is 0 Å². The first-order valence-electron chi connectivity index (χ1n) is 6.85. The highest BCUT2D eigenvalue weighted by atomic mass is 19.3. The van der Waals surface area contributed by atoms with Gasteiger partial charge in [0.2, 0.25) is 0 Å². The fraction of sp³-hybridized carbons (Fsp3) is 0.786. The third-order valence-electron chi connectivity index (χ3n) is 3.62. The first kappa shape index (κ1) is 16.1. The minimum Gasteiger partial charge on any atom is -0.378 e. The lowest BCUT2D eigenvalue weighted by atomic mass is 9.90. The van der Waals surface area contributed by atoms with Crippen molar-refractivity contribution in [2.75, 3.05) is 26.3 Å². The summed E-state index contributed by atoms with van der Waals surface area (Å²) in [4.78, 5) is 13.0. The predicted octanol–water partition coefficient (Wildman–Crippen LogP) is 2.86. The molecule has 0 saturated carbocycles. The van der Waals surface area contributed by atoms with Gasteiger partial charge >= 0.3 is 5.92 Å². The van der Waals surface area contributed by atoms with Gasteiger partial charge in [-0.15, -0.1) is 0 Å². The second-order valence-electron chi connectivity index (χ2n) is 4.96. The summed E-state index contributed by atoms with van der Waals surface area (Å²) in [5.41, 5.74) is 0.469. The summed E-state index contributed by atoms with van der Waals surface area (Å²) in [7, 11) is 0. The fourth-order valence-corrected chi connectivity index (χ4v) is 2.37. The van der Waals surface area contributed by atoms with Crippen molar-refractivity contribution in [1.82, 2.24) is 4.90 Å². The Labute approximate surface area is 113 Å². The molecule has 110 valence electrons. The SMILES string of the molecule is C=C(CC(F)(F)C(=O)N1CCOCC1)C(CC)CC. The first-order chi connectivity index (χ1) is 8.92. The van der Waals surface area contributed by atoms with Crippen LogP contribution in [0.1, 0.15) is 33.1 Å². The van der Waals surface area contributed by atoms with Crippen LogP contribution in [0.4, 0.5) is 8.78 Å². The van der Waals surface area contributed by atoms with Gasteiger partial charge in [0.25, 0.3) is 5.91 Å². The van der Waals surface area contributed by atoms with Crippen LogP contribution in [0.2, 0.25) is 0 Å². The molecule has 1 rings (SSSR count). The van der Waals surface area contributed by atoms with Crippen LogP contribution >= 0.6 is 0 Å². The number of amides is 1. The van der Waals surface area contributed by atoms with Crippen molar-refractivity contribution < 1.29 is 18.3 Å². The van der Waals surface area contributed by atoms with Crippen molar-refractivity contribution in [3.05, 3.63) is 12.2 Å². The Bertz CT molecular complexity index is 321. The smallest absolute Gasteiger partial charge is 0.328 e. The van der Waals surface area contributed by atoms with Gasteiger partial charge in [0, 0.05) is 19.5 Å². The molecule has 0 bridgehead atoms. The summed E-state index contributed by atoms with van der Waals surface area (Å²) in [5, 5.41) is 0. The maximum atomic E-state index is 14.0. The number of allylic oxidation sites excluding steroid dienone is 1. The second kappa shape index (κ2) is 6.98. The van der Waals surface area contributed by atoms with E-state index in [9.17, 15) is 13.6 Å². The van der Waals surface area contributed by atoms with Crippen LogP contribution in [0.5, 0.6) is 0 Å². The van der Waals surface area contributed by atoms with Gasteiger partial charge in [0.1, 0.15) is 0 Å². The normalized spacial score (nSPS) is 16.8.